The summed E-state index contributed by atoms with van der Waals surface area (Å²) < 4.78 is 0. The van der Waals surface area contributed by atoms with E-state index in [0.29, 0.717) is 18.4 Å². The smallest absolute Gasteiger partial charge is 0.0793 e. The van der Waals surface area contributed by atoms with Gasteiger partial charge in [0, 0.05) is 6.04 Å². The second kappa shape index (κ2) is 4.28. The van der Waals surface area contributed by atoms with Crippen LogP contribution in [0.2, 0.25) is 0 Å². The summed E-state index contributed by atoms with van der Waals surface area (Å²) in [6, 6.07) is 0.538. The van der Waals surface area contributed by atoms with Crippen molar-refractivity contribution in [3.8, 4) is 0 Å². The molecule has 0 spiro atoms. The molecule has 0 amide bonds. The summed E-state index contributed by atoms with van der Waals surface area (Å²) in [4.78, 5) is 2.56. The van der Waals surface area contributed by atoms with Gasteiger partial charge in [0.15, 0.2) is 0 Å². The summed E-state index contributed by atoms with van der Waals surface area (Å²) in [5.41, 5.74) is 7.39. The standard InChI is InChI=1S/C13H29N3/c1-9(2)16-10(12(3,4)5)14-15-11(16)13(6,7)8/h9-11,14-15H,1-8H3. The van der Waals surface area contributed by atoms with E-state index >= 15 is 0 Å². The van der Waals surface area contributed by atoms with E-state index in [0.717, 1.165) is 0 Å². The van der Waals surface area contributed by atoms with Gasteiger partial charge >= 0.3 is 0 Å². The molecule has 0 aromatic carbocycles. The predicted molar refractivity (Wildman–Crippen MR) is 69.7 cm³/mol. The van der Waals surface area contributed by atoms with Gasteiger partial charge in [-0.25, -0.2) is 10.9 Å². The van der Waals surface area contributed by atoms with E-state index in [-0.39, 0.29) is 10.8 Å². The highest BCUT2D eigenvalue weighted by Gasteiger charge is 2.45. The first-order valence-electron chi connectivity index (χ1n) is 6.33. The Morgan fingerprint density at radius 1 is 0.812 bits per heavy atom. The Balaban J connectivity index is 2.94. The Hall–Kier alpha value is -0.120. The molecule has 0 saturated carbocycles. The highest BCUT2D eigenvalue weighted by molar-refractivity contribution is 4.94. The van der Waals surface area contributed by atoms with Crippen molar-refractivity contribution in [1.29, 1.82) is 0 Å². The average Bonchev–Trinajstić information content (AvgIpc) is 2.43. The van der Waals surface area contributed by atoms with Crippen LogP contribution in [0.3, 0.4) is 0 Å². The zero-order chi connectivity index (χ0) is 12.7. The second-order valence-electron chi connectivity index (χ2n) is 7.37. The van der Waals surface area contributed by atoms with Gasteiger partial charge in [0.25, 0.3) is 0 Å². The van der Waals surface area contributed by atoms with Gasteiger partial charge in [0.1, 0.15) is 0 Å². The first-order chi connectivity index (χ1) is 7.05. The fourth-order valence-corrected chi connectivity index (χ4v) is 2.38. The fraction of sp³-hybridized carbons (Fsp3) is 1.00. The van der Waals surface area contributed by atoms with Crippen LogP contribution in [0.4, 0.5) is 0 Å². The lowest BCUT2D eigenvalue weighted by molar-refractivity contribution is 0.0262. The molecule has 1 fully saturated rings. The fourth-order valence-electron chi connectivity index (χ4n) is 2.38. The Labute approximate surface area is 101 Å². The van der Waals surface area contributed by atoms with E-state index in [9.17, 15) is 0 Å². The molecule has 1 saturated heterocycles. The largest absolute Gasteiger partial charge is 0.267 e. The van der Waals surface area contributed by atoms with Crippen LogP contribution >= 0.6 is 0 Å². The van der Waals surface area contributed by atoms with E-state index < -0.39 is 0 Å². The van der Waals surface area contributed by atoms with Crippen LogP contribution in [0.5, 0.6) is 0 Å². The highest BCUT2D eigenvalue weighted by Crippen LogP contribution is 2.34. The van der Waals surface area contributed by atoms with Crippen molar-refractivity contribution in [1.82, 2.24) is 15.8 Å². The van der Waals surface area contributed by atoms with Crippen molar-refractivity contribution < 1.29 is 0 Å². The summed E-state index contributed by atoms with van der Waals surface area (Å²) in [6.07, 6.45) is 0.772. The zero-order valence-corrected chi connectivity index (χ0v) is 12.2. The predicted octanol–water partition coefficient (Wildman–Crippen LogP) is 2.55. The molecular formula is C13H29N3. The molecule has 0 radical (unpaired) electrons. The summed E-state index contributed by atoms with van der Waals surface area (Å²) in [7, 11) is 0. The molecule has 1 aliphatic heterocycles. The molecule has 1 aliphatic rings. The second-order valence-corrected chi connectivity index (χ2v) is 7.37. The average molecular weight is 227 g/mol. The molecular weight excluding hydrogens is 198 g/mol. The molecule has 96 valence electrons. The summed E-state index contributed by atoms with van der Waals surface area (Å²) in [5, 5.41) is 0. The van der Waals surface area contributed by atoms with Gasteiger partial charge in [-0.1, -0.05) is 41.5 Å². The summed E-state index contributed by atoms with van der Waals surface area (Å²) in [5.74, 6) is 0. The summed E-state index contributed by atoms with van der Waals surface area (Å²) >= 11 is 0. The van der Waals surface area contributed by atoms with Crippen LogP contribution in [0, 0.1) is 10.8 Å². The molecule has 2 unspecified atom stereocenters. The third kappa shape index (κ3) is 2.76. The van der Waals surface area contributed by atoms with Gasteiger partial charge in [-0.2, -0.15) is 0 Å². The molecule has 0 aromatic rings. The first kappa shape index (κ1) is 13.9. The number of hydrazine groups is 1. The number of nitrogens with zero attached hydrogens (tertiary/aromatic N) is 1. The lowest BCUT2D eigenvalue weighted by atomic mass is 9.87. The van der Waals surface area contributed by atoms with Crippen LogP contribution in [-0.2, 0) is 0 Å². The molecule has 0 aliphatic carbocycles. The van der Waals surface area contributed by atoms with Crippen LogP contribution in [0.25, 0.3) is 0 Å². The Bertz CT molecular complexity index is 213. The minimum absolute atomic E-state index is 0.233. The number of hydrogen-bond donors (Lipinski definition) is 2. The molecule has 0 aromatic heterocycles. The third-order valence-electron chi connectivity index (χ3n) is 3.19. The first-order valence-corrected chi connectivity index (χ1v) is 6.33. The van der Waals surface area contributed by atoms with Crippen molar-refractivity contribution >= 4 is 0 Å². The minimum Gasteiger partial charge on any atom is -0.267 e. The van der Waals surface area contributed by atoms with Crippen molar-refractivity contribution in [2.24, 2.45) is 10.8 Å². The Kier molecular flexibility index (Phi) is 3.73. The number of rotatable bonds is 1. The van der Waals surface area contributed by atoms with Gasteiger partial charge < -0.3 is 0 Å². The molecule has 1 rings (SSSR count). The Morgan fingerprint density at radius 2 is 1.12 bits per heavy atom. The number of hydrogen-bond acceptors (Lipinski definition) is 3. The van der Waals surface area contributed by atoms with Gasteiger partial charge in [0.2, 0.25) is 0 Å². The van der Waals surface area contributed by atoms with Crippen molar-refractivity contribution in [3.05, 3.63) is 0 Å². The topological polar surface area (TPSA) is 27.3 Å². The van der Waals surface area contributed by atoms with Crippen LogP contribution in [0.15, 0.2) is 0 Å². The minimum atomic E-state index is 0.233. The summed E-state index contributed by atoms with van der Waals surface area (Å²) in [6.45, 7) is 18.2. The maximum Gasteiger partial charge on any atom is 0.0793 e. The molecule has 0 bridgehead atoms. The van der Waals surface area contributed by atoms with E-state index in [1.165, 1.54) is 0 Å². The lowest BCUT2D eigenvalue weighted by Crippen LogP contribution is -2.53. The van der Waals surface area contributed by atoms with Gasteiger partial charge in [0.05, 0.1) is 12.3 Å². The SMILES string of the molecule is CC(C)N1C(C(C)(C)C)NNC1C(C)(C)C. The normalized spacial score (nSPS) is 29.1. The Morgan fingerprint density at radius 3 is 1.31 bits per heavy atom. The maximum atomic E-state index is 3.46. The van der Waals surface area contributed by atoms with Gasteiger partial charge in [-0.15, -0.1) is 0 Å². The zero-order valence-electron chi connectivity index (χ0n) is 12.2. The third-order valence-corrected chi connectivity index (χ3v) is 3.19. The van der Waals surface area contributed by atoms with E-state index in [1.807, 2.05) is 0 Å². The van der Waals surface area contributed by atoms with Gasteiger partial charge in [-0.3, -0.25) is 4.90 Å². The molecule has 2 N–H and O–H groups in total. The van der Waals surface area contributed by atoms with Crippen LogP contribution < -0.4 is 10.9 Å². The van der Waals surface area contributed by atoms with Crippen molar-refractivity contribution in [3.63, 3.8) is 0 Å². The van der Waals surface area contributed by atoms with Crippen LogP contribution in [-0.4, -0.2) is 23.3 Å². The van der Waals surface area contributed by atoms with E-state index in [1.54, 1.807) is 0 Å². The molecule has 1 heterocycles. The molecule has 2 atom stereocenters. The lowest BCUT2D eigenvalue weighted by Gasteiger charge is -2.42. The van der Waals surface area contributed by atoms with Crippen molar-refractivity contribution in [2.75, 3.05) is 0 Å². The van der Waals surface area contributed by atoms with Crippen molar-refractivity contribution in [2.45, 2.75) is 73.8 Å². The van der Waals surface area contributed by atoms with E-state index in [4.69, 9.17) is 0 Å². The quantitative estimate of drug-likeness (QED) is 0.721. The van der Waals surface area contributed by atoms with Crippen LogP contribution in [0.1, 0.15) is 55.4 Å². The maximum absolute atomic E-state index is 3.46. The van der Waals surface area contributed by atoms with E-state index in [2.05, 4.69) is 71.1 Å². The van der Waals surface area contributed by atoms with Gasteiger partial charge in [-0.05, 0) is 24.7 Å². The highest BCUT2D eigenvalue weighted by atomic mass is 15.6. The monoisotopic (exact) mass is 227 g/mol. The number of nitrogens with one attached hydrogen (secondary N) is 2. The molecule has 3 heteroatoms. The molecule has 16 heavy (non-hydrogen) atoms. The molecule has 3 nitrogen and oxygen atoms in total.